The molecule has 9 nitrogen and oxygen atoms in total. The van der Waals surface area contributed by atoms with Crippen LogP contribution in [0.2, 0.25) is 0 Å². The zero-order valence-corrected chi connectivity index (χ0v) is 16.8. The van der Waals surface area contributed by atoms with Gasteiger partial charge in [-0.25, -0.2) is 20.0 Å². The number of amides is 2. The molecule has 10 heteroatoms. The molecule has 2 aromatic heterocycles. The quantitative estimate of drug-likeness (QED) is 0.386. The highest BCUT2D eigenvalue weighted by molar-refractivity contribution is 7.12. The number of benzene rings is 1. The molecule has 0 fully saturated rings. The molecule has 2 heterocycles. The third kappa shape index (κ3) is 4.66. The van der Waals surface area contributed by atoms with Crippen LogP contribution in [0.1, 0.15) is 41.8 Å². The largest absolute Gasteiger partial charge is 0.443 e. The zero-order valence-electron chi connectivity index (χ0n) is 16.0. The van der Waals surface area contributed by atoms with Crippen LogP contribution in [-0.2, 0) is 4.74 Å². The van der Waals surface area contributed by atoms with Gasteiger partial charge in [0.15, 0.2) is 5.01 Å². The van der Waals surface area contributed by atoms with Gasteiger partial charge in [0.25, 0.3) is 0 Å². The molecule has 0 aliphatic heterocycles. The van der Waals surface area contributed by atoms with Crippen molar-refractivity contribution in [3.8, 4) is 0 Å². The van der Waals surface area contributed by atoms with E-state index in [2.05, 4.69) is 15.5 Å². The molecule has 0 atom stereocenters. The predicted octanol–water partition coefficient (Wildman–Crippen LogP) is 3.11. The van der Waals surface area contributed by atoms with Gasteiger partial charge < -0.3 is 10.5 Å². The number of ketones is 1. The van der Waals surface area contributed by atoms with Gasteiger partial charge in [-0.05, 0) is 26.8 Å². The summed E-state index contributed by atoms with van der Waals surface area (Å²) in [6.45, 7) is 5.32. The maximum absolute atomic E-state index is 13.0. The van der Waals surface area contributed by atoms with Crippen molar-refractivity contribution in [2.24, 2.45) is 10.8 Å². The van der Waals surface area contributed by atoms with Crippen molar-refractivity contribution in [3.63, 3.8) is 0 Å². The number of ether oxygens (including phenoxy) is 1. The summed E-state index contributed by atoms with van der Waals surface area (Å²) in [5.41, 5.74) is 7.60. The number of hydrogen-bond donors (Lipinski definition) is 2. The number of nitrogens with two attached hydrogens (primary N) is 1. The van der Waals surface area contributed by atoms with Gasteiger partial charge in [0.1, 0.15) is 5.60 Å². The van der Waals surface area contributed by atoms with Crippen LogP contribution in [0.25, 0.3) is 10.9 Å². The second kappa shape index (κ2) is 7.84. The molecule has 0 aliphatic carbocycles. The smallest absolute Gasteiger partial charge is 0.419 e. The lowest BCUT2D eigenvalue weighted by molar-refractivity contribution is 0.0544. The Balaban J connectivity index is 1.95. The van der Waals surface area contributed by atoms with Gasteiger partial charge in [-0.3, -0.25) is 9.36 Å². The number of primary amides is 1. The van der Waals surface area contributed by atoms with E-state index in [-0.39, 0.29) is 10.8 Å². The fraction of sp³-hybridized carbons (Fsp3) is 0.211. The van der Waals surface area contributed by atoms with Crippen LogP contribution < -0.4 is 11.2 Å². The summed E-state index contributed by atoms with van der Waals surface area (Å²) in [4.78, 5) is 40.5. The SMILES string of the molecule is CC(C)(C)OC(=O)n1cc(C(=O)c2nc(/C=N/NC(N)=O)cs2)c2ccccc21. The Hall–Kier alpha value is -3.53. The molecule has 0 radical (unpaired) electrons. The van der Waals surface area contributed by atoms with E-state index < -0.39 is 17.7 Å². The van der Waals surface area contributed by atoms with Crippen molar-refractivity contribution < 1.29 is 19.1 Å². The number of nitrogens with one attached hydrogen (secondary N) is 1. The van der Waals surface area contributed by atoms with Gasteiger partial charge in [0, 0.05) is 17.0 Å². The molecule has 1 aromatic carbocycles. The first kappa shape index (κ1) is 20.2. The lowest BCUT2D eigenvalue weighted by Crippen LogP contribution is -2.26. The number of rotatable bonds is 4. The Bertz CT molecular complexity index is 1120. The number of carbonyl (C=O) groups is 3. The minimum absolute atomic E-state index is 0.220. The van der Waals surface area contributed by atoms with E-state index in [9.17, 15) is 14.4 Å². The van der Waals surface area contributed by atoms with E-state index in [1.54, 1.807) is 50.4 Å². The first-order chi connectivity index (χ1) is 13.7. The molecule has 3 N–H and O–H groups in total. The minimum atomic E-state index is -0.803. The molecule has 2 amide bonds. The molecule has 0 saturated carbocycles. The van der Waals surface area contributed by atoms with E-state index in [1.807, 2.05) is 0 Å². The number of nitrogens with zero attached hydrogens (tertiary/aromatic N) is 3. The maximum atomic E-state index is 13.0. The summed E-state index contributed by atoms with van der Waals surface area (Å²) < 4.78 is 6.76. The Labute approximate surface area is 170 Å². The van der Waals surface area contributed by atoms with Crippen LogP contribution >= 0.6 is 11.3 Å². The molecule has 0 spiro atoms. The fourth-order valence-corrected chi connectivity index (χ4v) is 3.27. The molecule has 0 unspecified atom stereocenters. The molecule has 29 heavy (non-hydrogen) atoms. The Morgan fingerprint density at radius 3 is 2.69 bits per heavy atom. The van der Waals surface area contributed by atoms with Crippen molar-refractivity contribution in [2.45, 2.75) is 26.4 Å². The fourth-order valence-electron chi connectivity index (χ4n) is 2.55. The lowest BCUT2D eigenvalue weighted by Gasteiger charge is -2.19. The molecule has 0 aliphatic rings. The molecule has 3 aromatic rings. The minimum Gasteiger partial charge on any atom is -0.443 e. The van der Waals surface area contributed by atoms with Crippen LogP contribution in [0.3, 0.4) is 0 Å². The number of para-hydroxylation sites is 1. The van der Waals surface area contributed by atoms with Crippen molar-refractivity contribution in [1.29, 1.82) is 0 Å². The highest BCUT2D eigenvalue weighted by Crippen LogP contribution is 2.26. The summed E-state index contributed by atoms with van der Waals surface area (Å²) in [6.07, 6.45) is 2.17. The van der Waals surface area contributed by atoms with Crippen molar-refractivity contribution in [2.75, 3.05) is 0 Å². The molecule has 0 saturated heterocycles. The lowest BCUT2D eigenvalue weighted by atomic mass is 10.1. The van der Waals surface area contributed by atoms with E-state index in [0.717, 1.165) is 11.3 Å². The Morgan fingerprint density at radius 2 is 2.00 bits per heavy atom. The molecular formula is C19H19N5O4S. The summed E-state index contributed by atoms with van der Waals surface area (Å²) in [5, 5.41) is 6.07. The van der Waals surface area contributed by atoms with Gasteiger partial charge in [-0.1, -0.05) is 18.2 Å². The highest BCUT2D eigenvalue weighted by Gasteiger charge is 2.24. The van der Waals surface area contributed by atoms with Gasteiger partial charge in [0.05, 0.1) is 23.0 Å². The number of hydrogen-bond acceptors (Lipinski definition) is 7. The predicted molar refractivity (Wildman–Crippen MR) is 109 cm³/mol. The van der Waals surface area contributed by atoms with E-state index in [0.29, 0.717) is 22.2 Å². The summed E-state index contributed by atoms with van der Waals surface area (Å²) >= 11 is 1.13. The number of carbonyl (C=O) groups excluding carboxylic acids is 3. The third-order valence-electron chi connectivity index (χ3n) is 3.63. The Morgan fingerprint density at radius 1 is 1.28 bits per heavy atom. The highest BCUT2D eigenvalue weighted by atomic mass is 32.1. The molecule has 3 rings (SSSR count). The number of aromatic nitrogens is 2. The van der Waals surface area contributed by atoms with Gasteiger partial charge in [0.2, 0.25) is 5.78 Å². The number of urea groups is 1. The Kier molecular flexibility index (Phi) is 5.46. The van der Waals surface area contributed by atoms with E-state index in [1.165, 1.54) is 17.0 Å². The average molecular weight is 413 g/mol. The van der Waals surface area contributed by atoms with Crippen LogP contribution in [-0.4, -0.2) is 39.3 Å². The van der Waals surface area contributed by atoms with Gasteiger partial charge >= 0.3 is 12.1 Å². The molecule has 150 valence electrons. The van der Waals surface area contributed by atoms with E-state index in [4.69, 9.17) is 10.5 Å². The average Bonchev–Trinajstić information content (AvgIpc) is 3.24. The first-order valence-corrected chi connectivity index (χ1v) is 9.46. The maximum Gasteiger partial charge on any atom is 0.419 e. The second-order valence-electron chi connectivity index (χ2n) is 7.05. The van der Waals surface area contributed by atoms with Gasteiger partial charge in [-0.15, -0.1) is 11.3 Å². The first-order valence-electron chi connectivity index (χ1n) is 8.58. The second-order valence-corrected chi connectivity index (χ2v) is 7.91. The summed E-state index contributed by atoms with van der Waals surface area (Å²) in [6, 6.07) is 6.26. The topological polar surface area (TPSA) is 129 Å². The third-order valence-corrected chi connectivity index (χ3v) is 4.49. The van der Waals surface area contributed by atoms with Crippen LogP contribution in [0.5, 0.6) is 0 Å². The normalized spacial score (nSPS) is 11.7. The van der Waals surface area contributed by atoms with Crippen LogP contribution in [0.15, 0.2) is 40.9 Å². The summed E-state index contributed by atoms with van der Waals surface area (Å²) in [5.74, 6) is -0.337. The van der Waals surface area contributed by atoms with Crippen LogP contribution in [0, 0.1) is 0 Å². The van der Waals surface area contributed by atoms with Gasteiger partial charge in [-0.2, -0.15) is 5.10 Å². The monoisotopic (exact) mass is 413 g/mol. The number of hydrazone groups is 1. The van der Waals surface area contributed by atoms with Crippen molar-refractivity contribution in [1.82, 2.24) is 15.0 Å². The van der Waals surface area contributed by atoms with E-state index >= 15 is 0 Å². The number of thiazole rings is 1. The molecular weight excluding hydrogens is 394 g/mol. The molecule has 0 bridgehead atoms. The van der Waals surface area contributed by atoms with Crippen LogP contribution in [0.4, 0.5) is 9.59 Å². The summed E-state index contributed by atoms with van der Waals surface area (Å²) in [7, 11) is 0. The standard InChI is InChI=1S/C19H19N5O4S/c1-19(2,3)28-18(27)24-9-13(12-6-4-5-7-14(12)24)15(25)16-22-11(10-29-16)8-21-23-17(20)26/h4-10H,1-3H3,(H3,20,23,26)/b21-8+. The zero-order chi connectivity index (χ0) is 21.2. The number of fused-ring (bicyclic) bond motifs is 1. The van der Waals surface area contributed by atoms with Crippen molar-refractivity contribution in [3.05, 3.63) is 52.1 Å². The van der Waals surface area contributed by atoms with Crippen molar-refractivity contribution >= 4 is 46.4 Å².